The van der Waals surface area contributed by atoms with Gasteiger partial charge in [0.15, 0.2) is 0 Å². The Morgan fingerprint density at radius 2 is 1.79 bits per heavy atom. The largest absolute Gasteiger partial charge is 0.393 e. The molecule has 4 aliphatic rings. The smallest absolute Gasteiger partial charge is 0.0543 e. The molecule has 0 aromatic heterocycles. The van der Waals surface area contributed by atoms with Gasteiger partial charge in [-0.1, -0.05) is 72.5 Å². The highest BCUT2D eigenvalue weighted by atomic mass is 16.3. The number of rotatable bonds is 5. The van der Waals surface area contributed by atoms with Crippen LogP contribution in [0, 0.1) is 45.8 Å². The lowest BCUT2D eigenvalue weighted by Gasteiger charge is -2.61. The third-order valence-corrected chi connectivity index (χ3v) is 11.4. The van der Waals surface area contributed by atoms with Gasteiger partial charge in [-0.15, -0.1) is 0 Å². The lowest BCUT2D eigenvalue weighted by Crippen LogP contribution is -2.53. The maximum atomic E-state index is 10.3. The Kier molecular flexibility index (Phi) is 5.81. The van der Waals surface area contributed by atoms with Gasteiger partial charge in [-0.2, -0.15) is 0 Å². The van der Waals surface area contributed by atoms with E-state index in [1.54, 1.807) is 0 Å². The fourth-order valence-corrected chi connectivity index (χ4v) is 8.79. The Hall–Kier alpha value is -0.300. The minimum atomic E-state index is -0.0466. The third-order valence-electron chi connectivity index (χ3n) is 11.4. The molecular weight excluding hydrogens is 352 g/mol. The first-order chi connectivity index (χ1) is 13.7. The molecule has 1 nitrogen and oxygen atoms in total. The second kappa shape index (κ2) is 7.68. The standard InChI is InChI=1S/C28H48O/c1-7-19(2)8-9-20(3)23-13-16-28(6)25-11-10-21-18-22(29)12-15-26(21,4)24(25)14-17-27(23,28)5/h11,19-24,29H,7-10,12-18H2,1-6H3. The minimum absolute atomic E-state index is 0.0466. The summed E-state index contributed by atoms with van der Waals surface area (Å²) < 4.78 is 0. The predicted molar refractivity (Wildman–Crippen MR) is 124 cm³/mol. The monoisotopic (exact) mass is 400 g/mol. The van der Waals surface area contributed by atoms with E-state index in [-0.39, 0.29) is 6.10 Å². The van der Waals surface area contributed by atoms with Crippen LogP contribution < -0.4 is 0 Å². The molecule has 0 radical (unpaired) electrons. The van der Waals surface area contributed by atoms with Crippen LogP contribution in [0.1, 0.15) is 112 Å². The minimum Gasteiger partial charge on any atom is -0.393 e. The molecule has 3 fully saturated rings. The zero-order valence-electron chi connectivity index (χ0n) is 20.3. The molecule has 3 saturated carbocycles. The maximum Gasteiger partial charge on any atom is 0.0543 e. The second-order valence-electron chi connectivity index (χ2n) is 12.6. The van der Waals surface area contributed by atoms with Gasteiger partial charge in [-0.3, -0.25) is 0 Å². The van der Waals surface area contributed by atoms with Crippen molar-refractivity contribution in [1.29, 1.82) is 0 Å². The lowest BCUT2D eigenvalue weighted by atomic mass is 9.43. The average molecular weight is 401 g/mol. The summed E-state index contributed by atoms with van der Waals surface area (Å²) in [6, 6.07) is 0. The van der Waals surface area contributed by atoms with E-state index in [2.05, 4.69) is 47.6 Å². The molecule has 0 bridgehead atoms. The molecule has 0 amide bonds. The van der Waals surface area contributed by atoms with Crippen molar-refractivity contribution in [3.8, 4) is 0 Å². The van der Waals surface area contributed by atoms with Gasteiger partial charge < -0.3 is 5.11 Å². The quantitative estimate of drug-likeness (QED) is 0.467. The van der Waals surface area contributed by atoms with Gasteiger partial charge in [0.05, 0.1) is 6.10 Å². The van der Waals surface area contributed by atoms with Crippen LogP contribution in [0.2, 0.25) is 0 Å². The fraction of sp³-hybridized carbons (Fsp3) is 0.929. The summed E-state index contributed by atoms with van der Waals surface area (Å²) in [5.41, 5.74) is 3.20. The van der Waals surface area contributed by atoms with E-state index in [0.717, 1.165) is 36.5 Å². The molecule has 9 unspecified atom stereocenters. The molecule has 0 saturated heterocycles. The molecule has 0 aliphatic heterocycles. The van der Waals surface area contributed by atoms with E-state index in [4.69, 9.17) is 0 Å². The van der Waals surface area contributed by atoms with Crippen LogP contribution in [-0.2, 0) is 0 Å². The van der Waals surface area contributed by atoms with Crippen LogP contribution in [0.25, 0.3) is 0 Å². The Balaban J connectivity index is 1.58. The molecule has 0 heterocycles. The van der Waals surface area contributed by atoms with Crippen LogP contribution in [-0.4, -0.2) is 11.2 Å². The summed E-state index contributed by atoms with van der Waals surface area (Å²) in [7, 11) is 0. The second-order valence-corrected chi connectivity index (χ2v) is 12.6. The van der Waals surface area contributed by atoms with Crippen molar-refractivity contribution in [2.24, 2.45) is 45.8 Å². The van der Waals surface area contributed by atoms with E-state index in [1.807, 2.05) is 5.57 Å². The molecule has 9 atom stereocenters. The number of hydrogen-bond acceptors (Lipinski definition) is 1. The number of hydrogen-bond donors (Lipinski definition) is 1. The Labute approximate surface area is 181 Å². The summed E-state index contributed by atoms with van der Waals surface area (Å²) in [4.78, 5) is 0. The lowest BCUT2D eigenvalue weighted by molar-refractivity contribution is -0.0629. The molecule has 0 aromatic rings. The SMILES string of the molecule is CCC(C)CCC(C)C1CCC2(C)C3=CCC4CC(O)CCC4(C)C3CCC12C. The van der Waals surface area contributed by atoms with Crippen molar-refractivity contribution < 1.29 is 5.11 Å². The Morgan fingerprint density at radius 1 is 1.03 bits per heavy atom. The summed E-state index contributed by atoms with van der Waals surface area (Å²) in [6.45, 7) is 15.3. The van der Waals surface area contributed by atoms with Crippen LogP contribution in [0.15, 0.2) is 11.6 Å². The van der Waals surface area contributed by atoms with E-state index in [0.29, 0.717) is 22.2 Å². The van der Waals surface area contributed by atoms with E-state index in [9.17, 15) is 5.11 Å². The summed E-state index contributed by atoms with van der Waals surface area (Å²) in [5.74, 6) is 4.14. The number of allylic oxidation sites excluding steroid dienone is 2. The predicted octanol–water partition coefficient (Wildman–Crippen LogP) is 7.78. The van der Waals surface area contributed by atoms with Crippen LogP contribution in [0.3, 0.4) is 0 Å². The molecule has 0 aromatic carbocycles. The third kappa shape index (κ3) is 3.28. The molecule has 0 spiro atoms. The molecule has 166 valence electrons. The van der Waals surface area contributed by atoms with Crippen LogP contribution >= 0.6 is 0 Å². The normalized spacial score (nSPS) is 48.9. The molecular formula is C28H48O. The molecule has 29 heavy (non-hydrogen) atoms. The van der Waals surface area contributed by atoms with Crippen molar-refractivity contribution in [2.75, 3.05) is 0 Å². The highest BCUT2D eigenvalue weighted by Gasteiger charge is 2.63. The van der Waals surface area contributed by atoms with Crippen LogP contribution in [0.4, 0.5) is 0 Å². The summed E-state index contributed by atoms with van der Waals surface area (Å²) >= 11 is 0. The molecule has 4 rings (SSSR count). The van der Waals surface area contributed by atoms with Crippen molar-refractivity contribution in [3.63, 3.8) is 0 Å². The molecule has 1 heteroatoms. The van der Waals surface area contributed by atoms with Gasteiger partial charge in [-0.25, -0.2) is 0 Å². The highest BCUT2D eigenvalue weighted by Crippen LogP contribution is 2.72. The fourth-order valence-electron chi connectivity index (χ4n) is 8.79. The van der Waals surface area contributed by atoms with Crippen LogP contribution in [0.5, 0.6) is 0 Å². The topological polar surface area (TPSA) is 20.2 Å². The van der Waals surface area contributed by atoms with Crippen molar-refractivity contribution in [2.45, 2.75) is 118 Å². The van der Waals surface area contributed by atoms with E-state index in [1.165, 1.54) is 57.8 Å². The van der Waals surface area contributed by atoms with Crippen molar-refractivity contribution in [1.82, 2.24) is 0 Å². The number of aliphatic hydroxyl groups is 1. The first-order valence-corrected chi connectivity index (χ1v) is 13.0. The zero-order valence-corrected chi connectivity index (χ0v) is 20.3. The average Bonchev–Trinajstić information content (AvgIpc) is 2.98. The molecule has 1 N–H and O–H groups in total. The summed E-state index contributed by atoms with van der Waals surface area (Å²) in [5, 5.41) is 10.3. The van der Waals surface area contributed by atoms with Gasteiger partial charge in [0.2, 0.25) is 0 Å². The number of aliphatic hydroxyl groups excluding tert-OH is 1. The Bertz CT molecular complexity index is 636. The van der Waals surface area contributed by atoms with Gasteiger partial charge >= 0.3 is 0 Å². The number of fused-ring (bicyclic) bond motifs is 5. The van der Waals surface area contributed by atoms with E-state index >= 15 is 0 Å². The highest BCUT2D eigenvalue weighted by molar-refractivity contribution is 5.32. The first-order valence-electron chi connectivity index (χ1n) is 13.0. The maximum absolute atomic E-state index is 10.3. The first kappa shape index (κ1) is 21.9. The zero-order chi connectivity index (χ0) is 21.0. The van der Waals surface area contributed by atoms with Gasteiger partial charge in [0.1, 0.15) is 0 Å². The van der Waals surface area contributed by atoms with Gasteiger partial charge in [-0.05, 0) is 97.2 Å². The van der Waals surface area contributed by atoms with E-state index < -0.39 is 0 Å². The van der Waals surface area contributed by atoms with Crippen molar-refractivity contribution in [3.05, 3.63) is 11.6 Å². The van der Waals surface area contributed by atoms with Gasteiger partial charge in [0, 0.05) is 0 Å². The Morgan fingerprint density at radius 3 is 2.52 bits per heavy atom. The molecule has 4 aliphatic carbocycles. The summed E-state index contributed by atoms with van der Waals surface area (Å²) in [6.07, 6.45) is 17.0. The van der Waals surface area contributed by atoms with Crippen molar-refractivity contribution >= 4 is 0 Å². The van der Waals surface area contributed by atoms with Gasteiger partial charge in [0.25, 0.3) is 0 Å².